The Morgan fingerprint density at radius 1 is 1.23 bits per heavy atom. The highest BCUT2D eigenvalue weighted by Gasteiger charge is 2.26. The predicted molar refractivity (Wildman–Crippen MR) is 109 cm³/mol. The van der Waals surface area contributed by atoms with Gasteiger partial charge >= 0.3 is 6.16 Å². The highest BCUT2D eigenvalue weighted by molar-refractivity contribution is 6.30. The van der Waals surface area contributed by atoms with Crippen molar-refractivity contribution in [2.24, 2.45) is 0 Å². The summed E-state index contributed by atoms with van der Waals surface area (Å²) in [5, 5.41) is 4.75. The van der Waals surface area contributed by atoms with Crippen LogP contribution >= 0.6 is 11.6 Å². The van der Waals surface area contributed by atoms with E-state index >= 15 is 0 Å². The molecule has 1 N–H and O–H groups in total. The van der Waals surface area contributed by atoms with Crippen LogP contribution in [0, 0.1) is 5.82 Å². The van der Waals surface area contributed by atoms with Crippen molar-refractivity contribution in [2.75, 3.05) is 18.4 Å². The van der Waals surface area contributed by atoms with Gasteiger partial charge in [0.25, 0.3) is 0 Å². The highest BCUT2D eigenvalue weighted by atomic mass is 35.5. The lowest BCUT2D eigenvalue weighted by Crippen LogP contribution is -2.40. The highest BCUT2D eigenvalue weighted by Crippen LogP contribution is 2.24. The first-order valence-corrected chi connectivity index (χ1v) is 9.92. The Kier molecular flexibility index (Phi) is 6.94. The summed E-state index contributed by atoms with van der Waals surface area (Å²) in [5.74, 6) is 0.279. The van der Waals surface area contributed by atoms with Crippen molar-refractivity contribution in [1.82, 2.24) is 15.0 Å². The number of ether oxygens (including phenoxy) is 2. The van der Waals surface area contributed by atoms with Crippen molar-refractivity contribution < 1.29 is 23.5 Å². The molecular weight excluding hydrogens is 415 g/mol. The lowest BCUT2D eigenvalue weighted by molar-refractivity contribution is -0.159. The molecule has 0 atom stereocenters. The van der Waals surface area contributed by atoms with E-state index < -0.39 is 17.6 Å². The molecule has 30 heavy (non-hydrogen) atoms. The summed E-state index contributed by atoms with van der Waals surface area (Å²) in [6.07, 6.45) is 1.80. The van der Waals surface area contributed by atoms with E-state index in [9.17, 15) is 9.18 Å². The number of benzene rings is 1. The van der Waals surface area contributed by atoms with Crippen LogP contribution in [0.15, 0.2) is 30.6 Å². The lowest BCUT2D eigenvalue weighted by atomic mass is 10.1. The van der Waals surface area contributed by atoms with Crippen LogP contribution in [0.25, 0.3) is 0 Å². The molecule has 2 aromatic rings. The number of hydroxylamine groups is 2. The molecule has 0 saturated carbocycles. The molecule has 8 nitrogen and oxygen atoms in total. The molecule has 1 aliphatic heterocycles. The van der Waals surface area contributed by atoms with E-state index in [0.717, 1.165) is 0 Å². The average Bonchev–Trinajstić information content (AvgIpc) is 2.64. The van der Waals surface area contributed by atoms with Gasteiger partial charge in [0.1, 0.15) is 29.7 Å². The molecule has 162 valence electrons. The van der Waals surface area contributed by atoms with E-state index in [4.69, 9.17) is 25.9 Å². The van der Waals surface area contributed by atoms with Gasteiger partial charge in [-0.25, -0.2) is 19.2 Å². The van der Waals surface area contributed by atoms with Gasteiger partial charge in [-0.1, -0.05) is 11.6 Å². The third-order valence-electron chi connectivity index (χ3n) is 4.12. The van der Waals surface area contributed by atoms with Crippen molar-refractivity contribution in [3.8, 4) is 5.88 Å². The van der Waals surface area contributed by atoms with E-state index in [2.05, 4.69) is 15.3 Å². The Hall–Kier alpha value is -2.65. The number of carbonyl (C=O) groups excluding carboxylic acids is 1. The average molecular weight is 439 g/mol. The van der Waals surface area contributed by atoms with E-state index in [-0.39, 0.29) is 11.8 Å². The zero-order valence-corrected chi connectivity index (χ0v) is 17.8. The van der Waals surface area contributed by atoms with Crippen molar-refractivity contribution in [2.45, 2.75) is 45.3 Å². The number of hydrogen-bond acceptors (Lipinski definition) is 8. The second-order valence-corrected chi connectivity index (χ2v) is 8.23. The molecule has 0 unspecified atom stereocenters. The molecule has 10 heteroatoms. The van der Waals surface area contributed by atoms with Gasteiger partial charge in [-0.3, -0.25) is 0 Å². The molecule has 2 heterocycles. The predicted octanol–water partition coefficient (Wildman–Crippen LogP) is 4.72. The minimum Gasteiger partial charge on any atom is -0.474 e. The minimum atomic E-state index is -0.720. The Bertz CT molecular complexity index is 885. The fourth-order valence-electron chi connectivity index (χ4n) is 2.79. The molecule has 0 radical (unpaired) electrons. The van der Waals surface area contributed by atoms with Crippen LogP contribution in [0.4, 0.5) is 20.7 Å². The van der Waals surface area contributed by atoms with Crippen LogP contribution in [-0.2, 0) is 9.57 Å². The van der Waals surface area contributed by atoms with Gasteiger partial charge in [-0.05, 0) is 39.0 Å². The molecule has 1 aromatic carbocycles. The molecule has 1 aliphatic rings. The summed E-state index contributed by atoms with van der Waals surface area (Å²) < 4.78 is 25.0. The maximum Gasteiger partial charge on any atom is 0.528 e. The van der Waals surface area contributed by atoms with E-state index in [1.54, 1.807) is 38.0 Å². The number of rotatable bonds is 5. The van der Waals surface area contributed by atoms with E-state index in [1.165, 1.54) is 18.5 Å². The van der Waals surface area contributed by atoms with E-state index in [1.807, 2.05) is 0 Å². The molecule has 0 spiro atoms. The van der Waals surface area contributed by atoms with Gasteiger partial charge < -0.3 is 19.6 Å². The third-order valence-corrected chi connectivity index (χ3v) is 4.35. The number of piperidine rings is 1. The Morgan fingerprint density at radius 2 is 1.97 bits per heavy atom. The van der Waals surface area contributed by atoms with Gasteiger partial charge in [0.05, 0.1) is 5.69 Å². The summed E-state index contributed by atoms with van der Waals surface area (Å²) in [6, 6.07) is 5.92. The fraction of sp³-hybridized carbons (Fsp3) is 0.450. The van der Waals surface area contributed by atoms with E-state index in [0.29, 0.717) is 42.7 Å². The second kappa shape index (κ2) is 9.44. The van der Waals surface area contributed by atoms with Gasteiger partial charge in [0.15, 0.2) is 0 Å². The molecule has 1 aromatic heterocycles. The normalized spacial score (nSPS) is 15.5. The Morgan fingerprint density at radius 3 is 2.63 bits per heavy atom. The number of halogens is 2. The zero-order chi connectivity index (χ0) is 21.7. The van der Waals surface area contributed by atoms with Gasteiger partial charge in [0, 0.05) is 37.0 Å². The maximum absolute atomic E-state index is 14.0. The maximum atomic E-state index is 14.0. The number of hydrogen-bond donors (Lipinski definition) is 1. The first kappa shape index (κ1) is 22.0. The van der Waals surface area contributed by atoms with Crippen LogP contribution in [0.1, 0.15) is 33.6 Å². The summed E-state index contributed by atoms with van der Waals surface area (Å²) >= 11 is 5.77. The van der Waals surface area contributed by atoms with Crippen LogP contribution in [0.3, 0.4) is 0 Å². The third kappa shape index (κ3) is 6.70. The summed E-state index contributed by atoms with van der Waals surface area (Å²) in [5.41, 5.74) is -0.358. The van der Waals surface area contributed by atoms with Crippen LogP contribution in [0.5, 0.6) is 5.88 Å². The number of nitrogens with one attached hydrogen (secondary N) is 1. The van der Waals surface area contributed by atoms with Crippen LogP contribution in [0.2, 0.25) is 5.02 Å². The molecule has 0 aliphatic carbocycles. The largest absolute Gasteiger partial charge is 0.528 e. The monoisotopic (exact) mass is 438 g/mol. The summed E-state index contributed by atoms with van der Waals surface area (Å²) in [4.78, 5) is 25.2. The van der Waals surface area contributed by atoms with Crippen LogP contribution < -0.4 is 10.1 Å². The first-order chi connectivity index (χ1) is 14.2. The quantitative estimate of drug-likeness (QED) is 0.671. The minimum absolute atomic E-state index is 0.0986. The molecule has 0 bridgehead atoms. The second-order valence-electron chi connectivity index (χ2n) is 7.79. The molecule has 0 amide bonds. The SMILES string of the molecule is CC(C)(C)OC(=O)ON1CCC(Oc2cc(Nc3ccc(Cl)cc3F)ncn2)CC1. The molecule has 1 saturated heterocycles. The van der Waals surface area contributed by atoms with Crippen molar-refractivity contribution >= 4 is 29.3 Å². The summed E-state index contributed by atoms with van der Waals surface area (Å²) in [7, 11) is 0. The Labute approximate surface area is 179 Å². The first-order valence-electron chi connectivity index (χ1n) is 9.54. The number of aromatic nitrogens is 2. The fourth-order valence-corrected chi connectivity index (χ4v) is 2.95. The topological polar surface area (TPSA) is 85.8 Å². The van der Waals surface area contributed by atoms with Crippen molar-refractivity contribution in [3.05, 3.63) is 41.4 Å². The Balaban J connectivity index is 1.50. The smallest absolute Gasteiger partial charge is 0.474 e. The number of carbonyl (C=O) groups is 1. The number of anilines is 2. The molecular formula is C20H24ClFN4O4. The van der Waals surface area contributed by atoms with Crippen molar-refractivity contribution in [3.63, 3.8) is 0 Å². The van der Waals surface area contributed by atoms with Crippen LogP contribution in [-0.4, -0.2) is 46.0 Å². The zero-order valence-electron chi connectivity index (χ0n) is 17.0. The number of nitrogens with zero attached hydrogens (tertiary/aromatic N) is 3. The molecule has 3 rings (SSSR count). The van der Waals surface area contributed by atoms with Crippen molar-refractivity contribution in [1.29, 1.82) is 0 Å². The standard InChI is InChI=1S/C20H24ClFN4O4/c1-20(2,3)29-19(27)30-26-8-6-14(7-9-26)28-18-11-17(23-12-24-18)25-16-5-4-13(21)10-15(16)22/h4-5,10-12,14H,6-9H2,1-3H3,(H,23,24,25). The van der Waals surface area contributed by atoms with Gasteiger partial charge in [-0.15, -0.1) is 5.06 Å². The summed E-state index contributed by atoms with van der Waals surface area (Å²) in [6.45, 7) is 6.35. The lowest BCUT2D eigenvalue weighted by Gasteiger charge is -2.30. The van der Waals surface area contributed by atoms with Gasteiger partial charge in [0.2, 0.25) is 5.88 Å². The van der Waals surface area contributed by atoms with Gasteiger partial charge in [-0.2, -0.15) is 0 Å². The molecule has 1 fully saturated rings.